The largest absolute Gasteiger partial charge is 0.405 e. The van der Waals surface area contributed by atoms with E-state index < -0.39 is 37.0 Å². The first kappa shape index (κ1) is 12.7. The summed E-state index contributed by atoms with van der Waals surface area (Å²) in [4.78, 5) is 21.0. The van der Waals surface area contributed by atoms with Crippen LogP contribution in [0.15, 0.2) is 0 Å². The van der Waals surface area contributed by atoms with Crippen molar-refractivity contribution in [3.05, 3.63) is 0 Å². The maximum Gasteiger partial charge on any atom is 0.405 e. The van der Waals surface area contributed by atoms with Gasteiger partial charge in [0, 0.05) is 0 Å². The molecule has 0 aliphatic heterocycles. The lowest BCUT2D eigenvalue weighted by molar-refractivity contribution is -0.139. The standard InChI is InChI=1S/C6H10F3N3O2/c7-6(8,9)2-12-5(14)3(10)1-4(11)13/h3H,1-2,10H2,(H2,11,13)(H,12,14). The molecule has 0 fully saturated rings. The van der Waals surface area contributed by atoms with Crippen molar-refractivity contribution in [2.45, 2.75) is 18.6 Å². The second-order valence-electron chi connectivity index (χ2n) is 2.61. The molecule has 2 amide bonds. The van der Waals surface area contributed by atoms with E-state index >= 15 is 0 Å². The Morgan fingerprint density at radius 2 is 1.86 bits per heavy atom. The van der Waals surface area contributed by atoms with Crippen LogP contribution >= 0.6 is 0 Å². The fourth-order valence-corrected chi connectivity index (χ4v) is 0.628. The van der Waals surface area contributed by atoms with E-state index in [0.717, 1.165) is 0 Å². The van der Waals surface area contributed by atoms with Crippen molar-refractivity contribution >= 4 is 11.8 Å². The van der Waals surface area contributed by atoms with Crippen molar-refractivity contribution in [3.63, 3.8) is 0 Å². The second-order valence-corrected chi connectivity index (χ2v) is 2.61. The molecular formula is C6H10F3N3O2. The van der Waals surface area contributed by atoms with Gasteiger partial charge in [-0.05, 0) is 0 Å². The van der Waals surface area contributed by atoms with Gasteiger partial charge in [0.05, 0.1) is 12.5 Å². The first-order valence-electron chi connectivity index (χ1n) is 3.60. The van der Waals surface area contributed by atoms with E-state index in [0.29, 0.717) is 0 Å². The molecule has 5 N–H and O–H groups in total. The molecule has 0 rings (SSSR count). The molecule has 1 unspecified atom stereocenters. The van der Waals surface area contributed by atoms with Gasteiger partial charge in [-0.2, -0.15) is 13.2 Å². The van der Waals surface area contributed by atoms with Crippen molar-refractivity contribution in [2.24, 2.45) is 11.5 Å². The molecule has 0 aliphatic rings. The summed E-state index contributed by atoms with van der Waals surface area (Å²) in [6.45, 7) is -1.47. The number of nitrogens with one attached hydrogen (secondary N) is 1. The lowest BCUT2D eigenvalue weighted by atomic mass is 10.2. The third-order valence-corrected chi connectivity index (χ3v) is 1.22. The molecule has 0 radical (unpaired) electrons. The van der Waals surface area contributed by atoms with Crippen LogP contribution in [-0.4, -0.2) is 30.6 Å². The van der Waals surface area contributed by atoms with Gasteiger partial charge in [0.2, 0.25) is 11.8 Å². The Bertz CT molecular complexity index is 229. The van der Waals surface area contributed by atoms with Gasteiger partial charge in [0.25, 0.3) is 0 Å². The minimum Gasteiger partial charge on any atom is -0.370 e. The summed E-state index contributed by atoms with van der Waals surface area (Å²) in [7, 11) is 0. The number of rotatable bonds is 4. The zero-order valence-electron chi connectivity index (χ0n) is 7.10. The van der Waals surface area contributed by atoms with Gasteiger partial charge >= 0.3 is 6.18 Å². The molecule has 0 aliphatic carbocycles. The molecule has 0 saturated heterocycles. The van der Waals surface area contributed by atoms with Gasteiger partial charge < -0.3 is 16.8 Å². The van der Waals surface area contributed by atoms with Crippen LogP contribution in [-0.2, 0) is 9.59 Å². The van der Waals surface area contributed by atoms with Crippen LogP contribution in [0.25, 0.3) is 0 Å². The Morgan fingerprint density at radius 3 is 2.21 bits per heavy atom. The molecular weight excluding hydrogens is 203 g/mol. The topological polar surface area (TPSA) is 98.2 Å². The van der Waals surface area contributed by atoms with Crippen molar-refractivity contribution in [3.8, 4) is 0 Å². The molecule has 14 heavy (non-hydrogen) atoms. The molecule has 8 heteroatoms. The molecule has 0 bridgehead atoms. The molecule has 0 heterocycles. The third-order valence-electron chi connectivity index (χ3n) is 1.22. The first-order valence-corrected chi connectivity index (χ1v) is 3.60. The minimum atomic E-state index is -4.50. The summed E-state index contributed by atoms with van der Waals surface area (Å²) < 4.78 is 34.8. The smallest absolute Gasteiger partial charge is 0.370 e. The van der Waals surface area contributed by atoms with E-state index in [1.807, 2.05) is 0 Å². The lowest BCUT2D eigenvalue weighted by Crippen LogP contribution is -2.45. The number of hydrogen-bond donors (Lipinski definition) is 3. The van der Waals surface area contributed by atoms with E-state index in [4.69, 9.17) is 11.5 Å². The molecule has 1 atom stereocenters. The van der Waals surface area contributed by atoms with E-state index in [2.05, 4.69) is 0 Å². The molecule has 0 spiro atoms. The fourth-order valence-electron chi connectivity index (χ4n) is 0.628. The number of halogens is 3. The minimum absolute atomic E-state index is 0.482. The fraction of sp³-hybridized carbons (Fsp3) is 0.667. The second kappa shape index (κ2) is 4.80. The summed E-state index contributed by atoms with van der Waals surface area (Å²) in [5.74, 6) is -1.90. The van der Waals surface area contributed by atoms with Gasteiger partial charge in [0.1, 0.15) is 6.54 Å². The average Bonchev–Trinajstić information content (AvgIpc) is 1.97. The summed E-state index contributed by atoms with van der Waals surface area (Å²) in [6.07, 6.45) is -4.98. The Hall–Kier alpha value is -1.31. The third kappa shape index (κ3) is 6.23. The number of amides is 2. The van der Waals surface area contributed by atoms with Crippen LogP contribution in [0.4, 0.5) is 13.2 Å². The van der Waals surface area contributed by atoms with Crippen molar-refractivity contribution in [1.29, 1.82) is 0 Å². The van der Waals surface area contributed by atoms with Crippen LogP contribution in [0, 0.1) is 0 Å². The van der Waals surface area contributed by atoms with Crippen LogP contribution < -0.4 is 16.8 Å². The van der Waals surface area contributed by atoms with Gasteiger partial charge in [-0.15, -0.1) is 0 Å². The Balaban J connectivity index is 3.91. The van der Waals surface area contributed by atoms with E-state index in [-0.39, 0.29) is 0 Å². The summed E-state index contributed by atoms with van der Waals surface area (Å²) in [6, 6.07) is -1.34. The number of carbonyl (C=O) groups excluding carboxylic acids is 2. The zero-order valence-corrected chi connectivity index (χ0v) is 7.10. The SMILES string of the molecule is NC(=O)CC(N)C(=O)NCC(F)(F)F. The highest BCUT2D eigenvalue weighted by Gasteiger charge is 2.28. The molecule has 0 aromatic rings. The molecule has 82 valence electrons. The molecule has 0 aromatic heterocycles. The van der Waals surface area contributed by atoms with Gasteiger partial charge in [0.15, 0.2) is 0 Å². The quantitative estimate of drug-likeness (QED) is 0.551. The van der Waals surface area contributed by atoms with Crippen LogP contribution in [0.1, 0.15) is 6.42 Å². The van der Waals surface area contributed by atoms with Crippen molar-refractivity contribution in [2.75, 3.05) is 6.54 Å². The summed E-state index contributed by atoms with van der Waals surface area (Å²) in [5, 5.41) is 1.53. The molecule has 0 saturated carbocycles. The Morgan fingerprint density at radius 1 is 1.36 bits per heavy atom. The number of alkyl halides is 3. The lowest BCUT2D eigenvalue weighted by Gasteiger charge is -2.11. The predicted molar refractivity (Wildman–Crippen MR) is 40.9 cm³/mol. The maximum atomic E-state index is 11.6. The predicted octanol–water partition coefficient (Wildman–Crippen LogP) is -1.13. The highest BCUT2D eigenvalue weighted by atomic mass is 19.4. The summed E-state index contributed by atoms with van der Waals surface area (Å²) in [5.41, 5.74) is 9.76. The summed E-state index contributed by atoms with van der Waals surface area (Å²) >= 11 is 0. The van der Waals surface area contributed by atoms with Crippen LogP contribution in [0.3, 0.4) is 0 Å². The van der Waals surface area contributed by atoms with Crippen molar-refractivity contribution < 1.29 is 22.8 Å². The average molecular weight is 213 g/mol. The van der Waals surface area contributed by atoms with E-state index in [1.54, 1.807) is 0 Å². The Kier molecular flexibility index (Phi) is 4.35. The Labute approximate surface area is 77.6 Å². The maximum absolute atomic E-state index is 11.6. The number of hydrogen-bond acceptors (Lipinski definition) is 3. The number of carbonyl (C=O) groups is 2. The highest BCUT2D eigenvalue weighted by molar-refractivity contribution is 5.87. The van der Waals surface area contributed by atoms with E-state index in [9.17, 15) is 22.8 Å². The van der Waals surface area contributed by atoms with Gasteiger partial charge in [-0.25, -0.2) is 0 Å². The van der Waals surface area contributed by atoms with Crippen LogP contribution in [0.2, 0.25) is 0 Å². The van der Waals surface area contributed by atoms with Gasteiger partial charge in [-0.3, -0.25) is 9.59 Å². The number of nitrogens with two attached hydrogens (primary N) is 2. The molecule has 5 nitrogen and oxygen atoms in total. The van der Waals surface area contributed by atoms with Crippen LogP contribution in [0.5, 0.6) is 0 Å². The van der Waals surface area contributed by atoms with Gasteiger partial charge in [-0.1, -0.05) is 0 Å². The van der Waals surface area contributed by atoms with Crippen molar-refractivity contribution in [1.82, 2.24) is 5.32 Å². The highest BCUT2D eigenvalue weighted by Crippen LogP contribution is 2.12. The number of primary amides is 1. The zero-order chi connectivity index (χ0) is 11.4. The molecule has 0 aromatic carbocycles. The monoisotopic (exact) mass is 213 g/mol. The van der Waals surface area contributed by atoms with E-state index in [1.165, 1.54) is 5.32 Å². The normalized spacial score (nSPS) is 13.4. The first-order chi connectivity index (χ1) is 6.22.